The van der Waals surface area contributed by atoms with Crippen LogP contribution in [0.15, 0.2) is 48.7 Å². The molecule has 0 aliphatic heterocycles. The molecule has 0 saturated carbocycles. The van der Waals surface area contributed by atoms with Crippen molar-refractivity contribution in [2.24, 2.45) is 0 Å². The van der Waals surface area contributed by atoms with Gasteiger partial charge >= 0.3 is 0 Å². The molecule has 2 aromatic heterocycles. The molecule has 0 fully saturated rings. The lowest BCUT2D eigenvalue weighted by molar-refractivity contribution is 0.102. The zero-order chi connectivity index (χ0) is 15.1. The van der Waals surface area contributed by atoms with E-state index in [9.17, 15) is 4.79 Å². The molecule has 0 atom stereocenters. The molecule has 0 radical (unpaired) electrons. The van der Waals surface area contributed by atoms with E-state index in [-0.39, 0.29) is 5.91 Å². The van der Waals surface area contributed by atoms with Crippen LogP contribution in [0.2, 0.25) is 0 Å². The number of nitrogens with one attached hydrogen (secondary N) is 2. The second-order valence-corrected chi connectivity index (χ2v) is 6.35. The summed E-state index contributed by atoms with van der Waals surface area (Å²) in [5.74, 6) is -0.110. The van der Waals surface area contributed by atoms with Crippen molar-refractivity contribution in [1.82, 2.24) is 9.97 Å². The second-order valence-electron chi connectivity index (χ2n) is 5.11. The number of H-pyrrole nitrogens is 1. The average Bonchev–Trinajstić information content (AvgIpc) is 3.11. The van der Waals surface area contributed by atoms with Gasteiger partial charge in [0.15, 0.2) is 0 Å². The molecule has 0 spiro atoms. The summed E-state index contributed by atoms with van der Waals surface area (Å²) in [5.41, 5.74) is 3.39. The molecule has 2 aromatic carbocycles. The Balaban J connectivity index is 1.69. The molecule has 5 heteroatoms. The van der Waals surface area contributed by atoms with E-state index in [0.29, 0.717) is 5.56 Å². The molecule has 108 valence electrons. The second kappa shape index (κ2) is 4.96. The van der Waals surface area contributed by atoms with Crippen LogP contribution in [0, 0.1) is 6.92 Å². The van der Waals surface area contributed by atoms with Gasteiger partial charge in [0.05, 0.1) is 20.9 Å². The number of aryl methyl sites for hydroxylation is 1. The van der Waals surface area contributed by atoms with Crippen molar-refractivity contribution in [2.45, 2.75) is 6.92 Å². The zero-order valence-electron chi connectivity index (χ0n) is 11.9. The lowest BCUT2D eigenvalue weighted by atomic mass is 10.1. The first-order chi connectivity index (χ1) is 10.7. The Morgan fingerprint density at radius 2 is 2.14 bits per heavy atom. The minimum absolute atomic E-state index is 0.110. The number of aromatic amines is 1. The molecule has 0 unspecified atom stereocenters. The van der Waals surface area contributed by atoms with Gasteiger partial charge in [-0.3, -0.25) is 4.79 Å². The standard InChI is InChI=1S/C17H13N3OS/c1-10-19-15-6-5-11(9-16(15)22-10)17(21)20-14-4-2-3-13-12(14)7-8-18-13/h2-9,18H,1H3,(H,20,21). The minimum Gasteiger partial charge on any atom is -0.361 e. The summed E-state index contributed by atoms with van der Waals surface area (Å²) >= 11 is 1.60. The van der Waals surface area contributed by atoms with E-state index in [1.807, 2.05) is 55.6 Å². The topological polar surface area (TPSA) is 57.8 Å². The Morgan fingerprint density at radius 3 is 3.05 bits per heavy atom. The van der Waals surface area contributed by atoms with Crippen molar-refractivity contribution in [3.05, 3.63) is 59.2 Å². The van der Waals surface area contributed by atoms with Crippen molar-refractivity contribution in [1.29, 1.82) is 0 Å². The Labute approximate surface area is 130 Å². The number of anilines is 1. The third-order valence-electron chi connectivity index (χ3n) is 3.60. The molecule has 1 amide bonds. The minimum atomic E-state index is -0.110. The van der Waals surface area contributed by atoms with Gasteiger partial charge < -0.3 is 10.3 Å². The monoisotopic (exact) mass is 307 g/mol. The van der Waals surface area contributed by atoms with Crippen LogP contribution >= 0.6 is 11.3 Å². The molecular formula is C17H13N3OS. The highest BCUT2D eigenvalue weighted by atomic mass is 32.1. The number of carbonyl (C=O) groups excluding carboxylic acids is 1. The third-order valence-corrected chi connectivity index (χ3v) is 4.53. The molecule has 4 nitrogen and oxygen atoms in total. The number of carbonyl (C=O) groups is 1. The van der Waals surface area contributed by atoms with Crippen LogP contribution in [0.4, 0.5) is 5.69 Å². The Morgan fingerprint density at radius 1 is 1.23 bits per heavy atom. The van der Waals surface area contributed by atoms with Gasteiger partial charge in [-0.1, -0.05) is 6.07 Å². The fourth-order valence-corrected chi connectivity index (χ4v) is 3.44. The number of hydrogen-bond donors (Lipinski definition) is 2. The van der Waals surface area contributed by atoms with E-state index in [4.69, 9.17) is 0 Å². The maximum Gasteiger partial charge on any atom is 0.255 e. The van der Waals surface area contributed by atoms with E-state index in [2.05, 4.69) is 15.3 Å². The summed E-state index contributed by atoms with van der Waals surface area (Å²) in [7, 11) is 0. The van der Waals surface area contributed by atoms with Gasteiger partial charge in [0.2, 0.25) is 0 Å². The van der Waals surface area contributed by atoms with Crippen LogP contribution in [0.25, 0.3) is 21.1 Å². The van der Waals surface area contributed by atoms with Gasteiger partial charge in [-0.05, 0) is 43.3 Å². The number of benzene rings is 2. The Hall–Kier alpha value is -2.66. The molecule has 4 rings (SSSR count). The fourth-order valence-electron chi connectivity index (χ4n) is 2.57. The number of rotatable bonds is 2. The van der Waals surface area contributed by atoms with Gasteiger partial charge in [-0.15, -0.1) is 11.3 Å². The Bertz CT molecular complexity index is 999. The highest BCUT2D eigenvalue weighted by Gasteiger charge is 2.10. The van der Waals surface area contributed by atoms with Crippen molar-refractivity contribution in [3.8, 4) is 0 Å². The largest absolute Gasteiger partial charge is 0.361 e. The van der Waals surface area contributed by atoms with Gasteiger partial charge in [0, 0.05) is 22.7 Å². The number of aromatic nitrogens is 2. The first-order valence-corrected chi connectivity index (χ1v) is 7.77. The van der Waals surface area contributed by atoms with Crippen LogP contribution in [-0.4, -0.2) is 15.9 Å². The van der Waals surface area contributed by atoms with Gasteiger partial charge in [-0.25, -0.2) is 4.98 Å². The fraction of sp³-hybridized carbons (Fsp3) is 0.0588. The highest BCUT2D eigenvalue weighted by Crippen LogP contribution is 2.25. The van der Waals surface area contributed by atoms with Crippen LogP contribution < -0.4 is 5.32 Å². The molecule has 2 heterocycles. The Kier molecular flexibility index (Phi) is 2.94. The molecule has 0 bridgehead atoms. The normalized spacial score (nSPS) is 11.1. The maximum absolute atomic E-state index is 12.5. The van der Waals surface area contributed by atoms with Gasteiger partial charge in [0.25, 0.3) is 5.91 Å². The summed E-state index contributed by atoms with van der Waals surface area (Å²) in [5, 5.41) is 4.99. The molecule has 22 heavy (non-hydrogen) atoms. The first kappa shape index (κ1) is 13.0. The van der Waals surface area contributed by atoms with E-state index in [0.717, 1.165) is 31.8 Å². The number of fused-ring (bicyclic) bond motifs is 2. The van der Waals surface area contributed by atoms with Crippen LogP contribution in [0.5, 0.6) is 0 Å². The SMILES string of the molecule is Cc1nc2ccc(C(=O)Nc3cccc4[nH]ccc34)cc2s1. The average molecular weight is 307 g/mol. The van der Waals surface area contributed by atoms with Crippen molar-refractivity contribution in [3.63, 3.8) is 0 Å². The molecule has 4 aromatic rings. The predicted molar refractivity (Wildman–Crippen MR) is 90.6 cm³/mol. The highest BCUT2D eigenvalue weighted by molar-refractivity contribution is 7.18. The first-order valence-electron chi connectivity index (χ1n) is 6.95. The summed E-state index contributed by atoms with van der Waals surface area (Å²) in [6.45, 7) is 1.97. The number of hydrogen-bond acceptors (Lipinski definition) is 3. The number of amides is 1. The third kappa shape index (κ3) is 2.16. The van der Waals surface area contributed by atoms with Gasteiger partial charge in [0.1, 0.15) is 0 Å². The van der Waals surface area contributed by atoms with E-state index in [1.165, 1.54) is 0 Å². The molecule has 2 N–H and O–H groups in total. The summed E-state index contributed by atoms with van der Waals surface area (Å²) < 4.78 is 1.03. The lowest BCUT2D eigenvalue weighted by Crippen LogP contribution is -2.11. The van der Waals surface area contributed by atoms with Crippen LogP contribution in [-0.2, 0) is 0 Å². The smallest absolute Gasteiger partial charge is 0.255 e. The zero-order valence-corrected chi connectivity index (χ0v) is 12.7. The van der Waals surface area contributed by atoms with Crippen molar-refractivity contribution in [2.75, 3.05) is 5.32 Å². The quantitative estimate of drug-likeness (QED) is 0.579. The summed E-state index contributed by atoms with van der Waals surface area (Å²) in [4.78, 5) is 20.0. The van der Waals surface area contributed by atoms with Gasteiger partial charge in [-0.2, -0.15) is 0 Å². The predicted octanol–water partition coefficient (Wildman–Crippen LogP) is 4.34. The van der Waals surface area contributed by atoms with Crippen LogP contribution in [0.3, 0.4) is 0 Å². The van der Waals surface area contributed by atoms with E-state index < -0.39 is 0 Å². The van der Waals surface area contributed by atoms with Crippen LogP contribution in [0.1, 0.15) is 15.4 Å². The number of thiazole rings is 1. The lowest BCUT2D eigenvalue weighted by Gasteiger charge is -2.06. The van der Waals surface area contributed by atoms with E-state index >= 15 is 0 Å². The molecule has 0 aliphatic carbocycles. The van der Waals surface area contributed by atoms with E-state index in [1.54, 1.807) is 11.3 Å². The summed E-state index contributed by atoms with van der Waals surface area (Å²) in [6.07, 6.45) is 1.87. The summed E-state index contributed by atoms with van der Waals surface area (Å²) in [6, 6.07) is 13.4. The number of nitrogens with zero attached hydrogens (tertiary/aromatic N) is 1. The van der Waals surface area contributed by atoms with Crippen molar-refractivity contribution < 1.29 is 4.79 Å². The molecule has 0 aliphatic rings. The van der Waals surface area contributed by atoms with Crippen molar-refractivity contribution >= 4 is 44.1 Å². The molecule has 0 saturated heterocycles. The molecular weight excluding hydrogens is 294 g/mol. The maximum atomic E-state index is 12.5.